The molecule has 1 heterocycles. The fourth-order valence-electron chi connectivity index (χ4n) is 2.46. The zero-order valence-corrected chi connectivity index (χ0v) is 12.9. The van der Waals surface area contributed by atoms with Crippen LogP contribution in [0.4, 0.5) is 0 Å². The van der Waals surface area contributed by atoms with Crippen LogP contribution in [0.25, 0.3) is 0 Å². The van der Waals surface area contributed by atoms with Gasteiger partial charge in [-0.2, -0.15) is 0 Å². The second-order valence-electron chi connectivity index (χ2n) is 5.38. The van der Waals surface area contributed by atoms with E-state index in [1.807, 2.05) is 31.2 Å². The Labute approximate surface area is 125 Å². The predicted octanol–water partition coefficient (Wildman–Crippen LogP) is 4.15. The van der Waals surface area contributed by atoms with E-state index in [1.165, 1.54) is 0 Å². The average Bonchev–Trinajstić information content (AvgIpc) is 3.15. The average molecular weight is 297 g/mol. The van der Waals surface area contributed by atoms with Gasteiger partial charge in [0.2, 0.25) is 0 Å². The van der Waals surface area contributed by atoms with Crippen LogP contribution in [0.1, 0.15) is 45.3 Å². The number of epoxide rings is 1. The number of rotatable bonds is 6. The highest BCUT2D eigenvalue weighted by atomic mass is 35.5. The Bertz CT molecular complexity index is 471. The van der Waals surface area contributed by atoms with Gasteiger partial charge in [0.25, 0.3) is 0 Å². The van der Waals surface area contributed by atoms with Gasteiger partial charge in [-0.1, -0.05) is 44.0 Å². The topological polar surface area (TPSA) is 38.8 Å². The summed E-state index contributed by atoms with van der Waals surface area (Å²) in [5.41, 5.74) is 0.171. The van der Waals surface area contributed by atoms with Crippen molar-refractivity contribution in [1.82, 2.24) is 0 Å². The Balaban J connectivity index is 2.18. The third-order valence-electron chi connectivity index (χ3n) is 3.84. The van der Waals surface area contributed by atoms with Crippen molar-refractivity contribution in [3.63, 3.8) is 0 Å². The minimum Gasteiger partial charge on any atom is -0.464 e. The number of hydrogen-bond donors (Lipinski definition) is 0. The largest absolute Gasteiger partial charge is 0.464 e. The summed E-state index contributed by atoms with van der Waals surface area (Å²) >= 11 is 5.89. The maximum Gasteiger partial charge on any atom is 0.341 e. The first-order chi connectivity index (χ1) is 9.53. The number of carbonyl (C=O) groups excluding carboxylic acids is 1. The summed E-state index contributed by atoms with van der Waals surface area (Å²) < 4.78 is 11.0. The normalized spacial score (nSPS) is 26.1. The summed E-state index contributed by atoms with van der Waals surface area (Å²) in [6, 6.07) is 7.45. The number of ether oxygens (including phenoxy) is 2. The molecule has 1 aromatic rings. The summed E-state index contributed by atoms with van der Waals surface area (Å²) in [5, 5.41) is 0.679. The first-order valence-electron chi connectivity index (χ1n) is 7.14. The van der Waals surface area contributed by atoms with Gasteiger partial charge in [-0.05, 0) is 37.0 Å². The second-order valence-corrected chi connectivity index (χ2v) is 5.81. The Morgan fingerprint density at radius 3 is 2.60 bits per heavy atom. The molecule has 20 heavy (non-hydrogen) atoms. The number of esters is 1. The molecular formula is C16H21ClO3. The first-order valence-corrected chi connectivity index (χ1v) is 7.51. The smallest absolute Gasteiger partial charge is 0.341 e. The lowest BCUT2D eigenvalue weighted by Gasteiger charge is -2.16. The number of benzene rings is 1. The molecule has 1 saturated heterocycles. The van der Waals surface area contributed by atoms with Gasteiger partial charge < -0.3 is 9.47 Å². The highest BCUT2D eigenvalue weighted by Crippen LogP contribution is 2.54. The van der Waals surface area contributed by atoms with E-state index in [9.17, 15) is 4.79 Å². The maximum absolute atomic E-state index is 12.3. The van der Waals surface area contributed by atoms with E-state index in [0.717, 1.165) is 12.0 Å². The van der Waals surface area contributed by atoms with Crippen LogP contribution in [-0.2, 0) is 14.3 Å². The van der Waals surface area contributed by atoms with Crippen molar-refractivity contribution in [2.45, 2.75) is 45.3 Å². The lowest BCUT2D eigenvalue weighted by Crippen LogP contribution is -2.30. The van der Waals surface area contributed by atoms with Crippen molar-refractivity contribution >= 4 is 17.6 Å². The molecule has 3 nitrogen and oxygen atoms in total. The predicted molar refractivity (Wildman–Crippen MR) is 78.7 cm³/mol. The molecule has 2 rings (SSSR count). The second kappa shape index (κ2) is 6.15. The monoisotopic (exact) mass is 296 g/mol. The standard InChI is InChI=1S/C16H21ClO3/c1-4-11(3)10-16(15(18)19-5-2)14(20-16)12-6-8-13(17)9-7-12/h6-9,11,14H,4-5,10H2,1-3H3. The summed E-state index contributed by atoms with van der Waals surface area (Å²) in [7, 11) is 0. The molecule has 0 radical (unpaired) electrons. The van der Waals surface area contributed by atoms with E-state index < -0.39 is 5.60 Å². The molecule has 0 spiro atoms. The number of carbonyl (C=O) groups is 1. The first kappa shape index (κ1) is 15.3. The Morgan fingerprint density at radius 2 is 2.05 bits per heavy atom. The molecule has 0 saturated carbocycles. The maximum atomic E-state index is 12.3. The van der Waals surface area contributed by atoms with E-state index in [2.05, 4.69) is 13.8 Å². The lowest BCUT2D eigenvalue weighted by atomic mass is 9.89. The third kappa shape index (κ3) is 2.99. The summed E-state index contributed by atoms with van der Waals surface area (Å²) in [6.45, 7) is 6.43. The van der Waals surface area contributed by atoms with Gasteiger partial charge in [-0.25, -0.2) is 4.79 Å². The third-order valence-corrected chi connectivity index (χ3v) is 4.09. The van der Waals surface area contributed by atoms with E-state index in [4.69, 9.17) is 21.1 Å². The molecule has 0 aliphatic carbocycles. The van der Waals surface area contributed by atoms with Gasteiger partial charge in [0.05, 0.1) is 6.61 Å². The van der Waals surface area contributed by atoms with E-state index in [0.29, 0.717) is 24.0 Å². The molecule has 1 aliphatic rings. The van der Waals surface area contributed by atoms with Crippen molar-refractivity contribution in [1.29, 1.82) is 0 Å². The Hall–Kier alpha value is -1.06. The SMILES string of the molecule is CCOC(=O)C1(CC(C)CC)OC1c1ccc(Cl)cc1. The van der Waals surface area contributed by atoms with Crippen molar-refractivity contribution in [2.75, 3.05) is 6.61 Å². The van der Waals surface area contributed by atoms with Gasteiger partial charge in [0.15, 0.2) is 5.60 Å². The summed E-state index contributed by atoms with van der Waals surface area (Å²) in [5.74, 6) is 0.164. The summed E-state index contributed by atoms with van der Waals surface area (Å²) in [4.78, 5) is 12.3. The van der Waals surface area contributed by atoms with Crippen LogP contribution in [0.2, 0.25) is 5.02 Å². The van der Waals surface area contributed by atoms with Crippen LogP contribution in [-0.4, -0.2) is 18.2 Å². The van der Waals surface area contributed by atoms with Crippen molar-refractivity contribution < 1.29 is 14.3 Å². The van der Waals surface area contributed by atoms with Crippen LogP contribution in [0.3, 0.4) is 0 Å². The molecule has 0 bridgehead atoms. The minimum absolute atomic E-state index is 0.215. The minimum atomic E-state index is -0.806. The molecule has 0 aromatic heterocycles. The van der Waals surface area contributed by atoms with Gasteiger partial charge in [-0.15, -0.1) is 0 Å². The van der Waals surface area contributed by atoms with E-state index in [1.54, 1.807) is 0 Å². The highest BCUT2D eigenvalue weighted by molar-refractivity contribution is 6.30. The Kier molecular flexibility index (Phi) is 4.71. The molecule has 110 valence electrons. The van der Waals surface area contributed by atoms with Gasteiger partial charge in [0, 0.05) is 5.02 Å². The van der Waals surface area contributed by atoms with Crippen LogP contribution >= 0.6 is 11.6 Å². The zero-order valence-electron chi connectivity index (χ0n) is 12.2. The molecule has 0 amide bonds. The summed E-state index contributed by atoms with van der Waals surface area (Å²) in [6.07, 6.45) is 1.49. The number of halogens is 1. The zero-order chi connectivity index (χ0) is 14.8. The quantitative estimate of drug-likeness (QED) is 0.585. The molecule has 3 unspecified atom stereocenters. The van der Waals surface area contributed by atoms with Crippen molar-refractivity contribution in [2.24, 2.45) is 5.92 Å². The lowest BCUT2D eigenvalue weighted by molar-refractivity contribution is -0.150. The number of hydrogen-bond acceptors (Lipinski definition) is 3. The fraction of sp³-hybridized carbons (Fsp3) is 0.562. The van der Waals surface area contributed by atoms with Crippen molar-refractivity contribution in [3.05, 3.63) is 34.9 Å². The molecular weight excluding hydrogens is 276 g/mol. The van der Waals surface area contributed by atoms with E-state index >= 15 is 0 Å². The molecule has 4 heteroatoms. The molecule has 1 fully saturated rings. The van der Waals surface area contributed by atoms with E-state index in [-0.39, 0.29) is 12.1 Å². The van der Waals surface area contributed by atoms with Crippen LogP contribution in [0.15, 0.2) is 24.3 Å². The van der Waals surface area contributed by atoms with Crippen LogP contribution < -0.4 is 0 Å². The fourth-order valence-corrected chi connectivity index (χ4v) is 2.59. The Morgan fingerprint density at radius 1 is 1.40 bits per heavy atom. The van der Waals surface area contributed by atoms with Crippen LogP contribution in [0.5, 0.6) is 0 Å². The van der Waals surface area contributed by atoms with Gasteiger partial charge >= 0.3 is 5.97 Å². The molecule has 1 aliphatic heterocycles. The highest BCUT2D eigenvalue weighted by Gasteiger charge is 2.64. The molecule has 3 atom stereocenters. The van der Waals surface area contributed by atoms with Gasteiger partial charge in [-0.3, -0.25) is 0 Å². The van der Waals surface area contributed by atoms with Crippen LogP contribution in [0, 0.1) is 5.92 Å². The van der Waals surface area contributed by atoms with Gasteiger partial charge in [0.1, 0.15) is 6.10 Å². The molecule has 1 aromatic carbocycles. The molecule has 0 N–H and O–H groups in total. The van der Waals surface area contributed by atoms with Crippen molar-refractivity contribution in [3.8, 4) is 0 Å².